The second-order valence-corrected chi connectivity index (χ2v) is 7.04. The van der Waals surface area contributed by atoms with Crippen LogP contribution in [-0.4, -0.2) is 0 Å². The molecule has 0 spiro atoms. The summed E-state index contributed by atoms with van der Waals surface area (Å²) in [6.07, 6.45) is 0.976. The van der Waals surface area contributed by atoms with Crippen molar-refractivity contribution in [1.29, 1.82) is 0 Å². The van der Waals surface area contributed by atoms with E-state index < -0.39 is 0 Å². The number of hydrogen-bond acceptors (Lipinski definition) is 2. The summed E-state index contributed by atoms with van der Waals surface area (Å²) in [6, 6.07) is 25.6. The molecule has 1 nitrogen and oxygen atoms in total. The largest absolute Gasteiger partial charge is 0.305 e. The fourth-order valence-electron chi connectivity index (χ4n) is 2.51. The van der Waals surface area contributed by atoms with Gasteiger partial charge in [0.05, 0.1) is 4.34 Å². The molecule has 0 bridgehead atoms. The third-order valence-electron chi connectivity index (χ3n) is 3.64. The molecule has 0 fully saturated rings. The van der Waals surface area contributed by atoms with Crippen molar-refractivity contribution in [3.63, 3.8) is 0 Å². The Morgan fingerprint density at radius 2 is 1.55 bits per heavy atom. The molecule has 3 rings (SSSR count). The summed E-state index contributed by atoms with van der Waals surface area (Å²) < 4.78 is 0.844. The SMILES string of the molecule is Clc1ccc(CN[C@@H](Cc2ccccc2)c2ccccc2)s1. The van der Waals surface area contributed by atoms with E-state index in [1.165, 1.54) is 16.0 Å². The van der Waals surface area contributed by atoms with E-state index >= 15 is 0 Å². The molecule has 1 heterocycles. The molecule has 0 saturated carbocycles. The predicted octanol–water partition coefficient (Wildman–Crippen LogP) is 5.48. The van der Waals surface area contributed by atoms with Crippen LogP contribution in [0.15, 0.2) is 72.8 Å². The van der Waals surface area contributed by atoms with E-state index in [0.29, 0.717) is 6.04 Å². The summed E-state index contributed by atoms with van der Waals surface area (Å²) in [5, 5.41) is 3.67. The summed E-state index contributed by atoms with van der Waals surface area (Å²) in [5.74, 6) is 0. The fourth-order valence-corrected chi connectivity index (χ4v) is 3.55. The van der Waals surface area contributed by atoms with Gasteiger partial charge in [0.1, 0.15) is 0 Å². The van der Waals surface area contributed by atoms with Crippen LogP contribution in [0.2, 0.25) is 4.34 Å². The van der Waals surface area contributed by atoms with Crippen LogP contribution in [0.5, 0.6) is 0 Å². The Kier molecular flexibility index (Phi) is 5.28. The number of thiophene rings is 1. The second kappa shape index (κ2) is 7.59. The first-order valence-electron chi connectivity index (χ1n) is 7.38. The van der Waals surface area contributed by atoms with E-state index in [1.807, 2.05) is 6.07 Å². The van der Waals surface area contributed by atoms with Crippen molar-refractivity contribution < 1.29 is 0 Å². The van der Waals surface area contributed by atoms with Crippen LogP contribution < -0.4 is 5.32 Å². The lowest BCUT2D eigenvalue weighted by Gasteiger charge is -2.19. The van der Waals surface area contributed by atoms with Crippen LogP contribution in [-0.2, 0) is 13.0 Å². The van der Waals surface area contributed by atoms with Gasteiger partial charge in [0, 0.05) is 17.5 Å². The number of rotatable bonds is 6. The Morgan fingerprint density at radius 1 is 0.864 bits per heavy atom. The molecule has 3 aromatic rings. The summed E-state index contributed by atoms with van der Waals surface area (Å²) in [4.78, 5) is 1.26. The van der Waals surface area contributed by atoms with E-state index in [-0.39, 0.29) is 0 Å². The minimum absolute atomic E-state index is 0.296. The molecule has 0 aliphatic rings. The van der Waals surface area contributed by atoms with Crippen LogP contribution in [0.3, 0.4) is 0 Å². The van der Waals surface area contributed by atoms with E-state index in [2.05, 4.69) is 72.0 Å². The first-order chi connectivity index (χ1) is 10.8. The third-order valence-corrected chi connectivity index (χ3v) is 4.87. The Labute approximate surface area is 140 Å². The summed E-state index contributed by atoms with van der Waals surface area (Å²) in [6.45, 7) is 0.837. The number of hydrogen-bond donors (Lipinski definition) is 1. The third kappa shape index (κ3) is 4.20. The minimum Gasteiger partial charge on any atom is -0.305 e. The zero-order valence-corrected chi connectivity index (χ0v) is 13.8. The van der Waals surface area contributed by atoms with Crippen molar-refractivity contribution in [3.05, 3.63) is 93.1 Å². The van der Waals surface area contributed by atoms with Crippen LogP contribution in [0.25, 0.3) is 0 Å². The second-order valence-electron chi connectivity index (χ2n) is 5.24. The molecule has 0 saturated heterocycles. The number of benzene rings is 2. The molecule has 0 unspecified atom stereocenters. The Bertz CT molecular complexity index is 694. The van der Waals surface area contributed by atoms with Crippen molar-refractivity contribution in [2.24, 2.45) is 0 Å². The lowest BCUT2D eigenvalue weighted by Crippen LogP contribution is -2.22. The predicted molar refractivity (Wildman–Crippen MR) is 95.5 cm³/mol. The fraction of sp³-hybridized carbons (Fsp3) is 0.158. The standard InChI is InChI=1S/C19H18ClNS/c20-19-12-11-17(22-19)14-21-18(16-9-5-2-6-10-16)13-15-7-3-1-4-8-15/h1-12,18,21H,13-14H2/t18-/m0/s1. The van der Waals surface area contributed by atoms with Gasteiger partial charge in [-0.25, -0.2) is 0 Å². The highest BCUT2D eigenvalue weighted by atomic mass is 35.5. The first kappa shape index (κ1) is 15.3. The minimum atomic E-state index is 0.296. The van der Waals surface area contributed by atoms with Gasteiger partial charge < -0.3 is 5.32 Å². The van der Waals surface area contributed by atoms with Crippen molar-refractivity contribution in [1.82, 2.24) is 5.32 Å². The number of halogens is 1. The van der Waals surface area contributed by atoms with Crippen molar-refractivity contribution in [3.8, 4) is 0 Å². The molecule has 1 N–H and O–H groups in total. The zero-order chi connectivity index (χ0) is 15.2. The smallest absolute Gasteiger partial charge is 0.0931 e. The van der Waals surface area contributed by atoms with E-state index in [0.717, 1.165) is 17.3 Å². The highest BCUT2D eigenvalue weighted by Gasteiger charge is 2.12. The van der Waals surface area contributed by atoms with Gasteiger partial charge in [-0.1, -0.05) is 72.3 Å². The maximum atomic E-state index is 6.01. The molecule has 1 atom stereocenters. The molecule has 2 aromatic carbocycles. The monoisotopic (exact) mass is 327 g/mol. The Morgan fingerprint density at radius 3 is 2.18 bits per heavy atom. The molecule has 22 heavy (non-hydrogen) atoms. The molecular weight excluding hydrogens is 310 g/mol. The van der Waals surface area contributed by atoms with E-state index in [1.54, 1.807) is 11.3 Å². The van der Waals surface area contributed by atoms with Crippen LogP contribution in [0.4, 0.5) is 0 Å². The summed E-state index contributed by atoms with van der Waals surface area (Å²) in [7, 11) is 0. The van der Waals surface area contributed by atoms with Gasteiger partial charge >= 0.3 is 0 Å². The Hall–Kier alpha value is -1.61. The average Bonchev–Trinajstić information content (AvgIpc) is 2.99. The molecule has 0 aliphatic carbocycles. The van der Waals surface area contributed by atoms with Gasteiger partial charge in [0.2, 0.25) is 0 Å². The maximum absolute atomic E-state index is 6.01. The van der Waals surface area contributed by atoms with Gasteiger partial charge in [0.25, 0.3) is 0 Å². The average molecular weight is 328 g/mol. The molecule has 0 aliphatic heterocycles. The molecular formula is C19H18ClNS. The van der Waals surface area contributed by atoms with Crippen LogP contribution >= 0.6 is 22.9 Å². The van der Waals surface area contributed by atoms with Crippen LogP contribution in [0, 0.1) is 0 Å². The van der Waals surface area contributed by atoms with Gasteiger partial charge in [-0.2, -0.15) is 0 Å². The van der Waals surface area contributed by atoms with Crippen molar-refractivity contribution >= 4 is 22.9 Å². The highest BCUT2D eigenvalue weighted by Crippen LogP contribution is 2.23. The lowest BCUT2D eigenvalue weighted by molar-refractivity contribution is 0.533. The van der Waals surface area contributed by atoms with Crippen molar-refractivity contribution in [2.45, 2.75) is 19.0 Å². The van der Waals surface area contributed by atoms with Gasteiger partial charge in [-0.15, -0.1) is 11.3 Å². The molecule has 1 aromatic heterocycles. The molecule has 0 radical (unpaired) electrons. The van der Waals surface area contributed by atoms with E-state index in [4.69, 9.17) is 11.6 Å². The van der Waals surface area contributed by atoms with Gasteiger partial charge in [0.15, 0.2) is 0 Å². The lowest BCUT2D eigenvalue weighted by atomic mass is 9.99. The zero-order valence-electron chi connectivity index (χ0n) is 12.2. The Balaban J connectivity index is 1.74. The van der Waals surface area contributed by atoms with Gasteiger partial charge in [-0.05, 0) is 29.7 Å². The topological polar surface area (TPSA) is 12.0 Å². The summed E-state index contributed by atoms with van der Waals surface area (Å²) >= 11 is 7.65. The maximum Gasteiger partial charge on any atom is 0.0931 e. The van der Waals surface area contributed by atoms with Crippen LogP contribution in [0.1, 0.15) is 22.0 Å². The van der Waals surface area contributed by atoms with Crippen molar-refractivity contribution in [2.75, 3.05) is 0 Å². The quantitative estimate of drug-likeness (QED) is 0.632. The highest BCUT2D eigenvalue weighted by molar-refractivity contribution is 7.16. The molecule has 112 valence electrons. The normalized spacial score (nSPS) is 12.2. The van der Waals surface area contributed by atoms with Gasteiger partial charge in [-0.3, -0.25) is 0 Å². The number of nitrogens with one attached hydrogen (secondary N) is 1. The molecule has 3 heteroatoms. The van der Waals surface area contributed by atoms with E-state index in [9.17, 15) is 0 Å². The first-order valence-corrected chi connectivity index (χ1v) is 8.57. The summed E-state index contributed by atoms with van der Waals surface area (Å²) in [5.41, 5.74) is 2.65. The molecule has 0 amide bonds.